The lowest BCUT2D eigenvalue weighted by molar-refractivity contribution is -0.137. The number of nitrogens with zero attached hydrogens (tertiary/aromatic N) is 4. The van der Waals surface area contributed by atoms with Crippen molar-refractivity contribution in [1.82, 2.24) is 19.5 Å². The van der Waals surface area contributed by atoms with Crippen LogP contribution < -0.4 is 5.32 Å². The molecule has 0 radical (unpaired) electrons. The van der Waals surface area contributed by atoms with Gasteiger partial charge in [-0.25, -0.2) is 4.52 Å². The molecule has 1 saturated heterocycles. The van der Waals surface area contributed by atoms with Crippen molar-refractivity contribution in [1.29, 1.82) is 0 Å². The van der Waals surface area contributed by atoms with Crippen LogP contribution in [0, 0.1) is 0 Å². The lowest BCUT2D eigenvalue weighted by atomic mass is 10.2. The third-order valence-electron chi connectivity index (χ3n) is 4.54. The van der Waals surface area contributed by atoms with E-state index in [4.69, 9.17) is 0 Å². The van der Waals surface area contributed by atoms with Crippen molar-refractivity contribution in [3.05, 3.63) is 53.7 Å². The van der Waals surface area contributed by atoms with Crippen LogP contribution in [-0.2, 0) is 12.7 Å². The molecule has 27 heavy (non-hydrogen) atoms. The van der Waals surface area contributed by atoms with E-state index in [2.05, 4.69) is 20.3 Å². The van der Waals surface area contributed by atoms with E-state index in [0.717, 1.165) is 30.8 Å². The van der Waals surface area contributed by atoms with Crippen molar-refractivity contribution in [2.24, 2.45) is 0 Å². The largest absolute Gasteiger partial charge is 0.416 e. The van der Waals surface area contributed by atoms with Crippen molar-refractivity contribution >= 4 is 17.3 Å². The molecule has 142 valence electrons. The number of anilines is 2. The van der Waals surface area contributed by atoms with Gasteiger partial charge in [0.05, 0.1) is 17.4 Å². The molecule has 1 atom stereocenters. The number of hydrogen-bond donors (Lipinski definition) is 2. The van der Waals surface area contributed by atoms with Crippen LogP contribution in [0.15, 0.2) is 42.5 Å². The molecule has 0 unspecified atom stereocenters. The second-order valence-corrected chi connectivity index (χ2v) is 6.60. The Morgan fingerprint density at radius 3 is 2.59 bits per heavy atom. The minimum absolute atomic E-state index is 0.295. The normalized spacial score (nSPS) is 18.3. The van der Waals surface area contributed by atoms with Gasteiger partial charge in [-0.3, -0.25) is 4.90 Å². The zero-order valence-corrected chi connectivity index (χ0v) is 14.3. The lowest BCUT2D eigenvalue weighted by Crippen LogP contribution is -2.22. The smallest absolute Gasteiger partial charge is 0.392 e. The van der Waals surface area contributed by atoms with Gasteiger partial charge in [-0.1, -0.05) is 6.07 Å². The van der Waals surface area contributed by atoms with Gasteiger partial charge in [-0.05, 0) is 42.8 Å². The zero-order valence-electron chi connectivity index (χ0n) is 14.3. The Bertz CT molecular complexity index is 938. The van der Waals surface area contributed by atoms with Gasteiger partial charge >= 0.3 is 6.18 Å². The Kier molecular flexibility index (Phi) is 4.48. The summed E-state index contributed by atoms with van der Waals surface area (Å²) >= 11 is 0. The molecule has 1 aliphatic heterocycles. The number of aromatic nitrogens is 3. The summed E-state index contributed by atoms with van der Waals surface area (Å²) in [7, 11) is 0. The molecule has 1 aliphatic rings. The van der Waals surface area contributed by atoms with Gasteiger partial charge in [0.2, 0.25) is 5.95 Å². The summed E-state index contributed by atoms with van der Waals surface area (Å²) in [6, 6.07) is 10.4. The highest BCUT2D eigenvalue weighted by Gasteiger charge is 2.30. The Morgan fingerprint density at radius 2 is 1.93 bits per heavy atom. The number of alkyl halides is 3. The number of rotatable bonds is 4. The first-order valence-electron chi connectivity index (χ1n) is 8.58. The van der Waals surface area contributed by atoms with Crippen molar-refractivity contribution in [3.63, 3.8) is 0 Å². The zero-order chi connectivity index (χ0) is 19.0. The minimum Gasteiger partial charge on any atom is -0.392 e. The molecule has 0 amide bonds. The fraction of sp³-hybridized carbons (Fsp3) is 0.333. The molecular formula is C18H18F3N5O. The van der Waals surface area contributed by atoms with Crippen LogP contribution >= 0.6 is 0 Å². The summed E-state index contributed by atoms with van der Waals surface area (Å²) in [4.78, 5) is 6.52. The van der Waals surface area contributed by atoms with Gasteiger partial charge in [0.15, 0.2) is 5.65 Å². The third kappa shape index (κ3) is 3.88. The number of nitrogens with one attached hydrogen (secondary N) is 1. The van der Waals surface area contributed by atoms with Crippen molar-refractivity contribution in [2.45, 2.75) is 25.2 Å². The molecule has 0 bridgehead atoms. The molecule has 1 aromatic carbocycles. The molecule has 1 fully saturated rings. The van der Waals surface area contributed by atoms with Gasteiger partial charge in [-0.2, -0.15) is 18.2 Å². The van der Waals surface area contributed by atoms with E-state index in [1.807, 2.05) is 18.2 Å². The number of aliphatic hydroxyl groups excluding tert-OH is 1. The van der Waals surface area contributed by atoms with Crippen molar-refractivity contribution < 1.29 is 18.3 Å². The summed E-state index contributed by atoms with van der Waals surface area (Å²) < 4.78 is 39.7. The van der Waals surface area contributed by atoms with E-state index < -0.39 is 11.7 Å². The summed E-state index contributed by atoms with van der Waals surface area (Å²) in [5.74, 6) is 0.309. The summed E-state index contributed by atoms with van der Waals surface area (Å²) in [5.41, 5.74) is 1.34. The van der Waals surface area contributed by atoms with E-state index >= 15 is 0 Å². The molecule has 3 heterocycles. The SMILES string of the molecule is O[C@@H]1CCN(Cc2cccc3nc(Nc4ccc(C(F)(F)F)cc4)nn23)C1. The van der Waals surface area contributed by atoms with Crippen LogP contribution in [0.5, 0.6) is 0 Å². The predicted octanol–water partition coefficient (Wildman–Crippen LogP) is 3.06. The molecule has 2 aromatic heterocycles. The molecule has 6 nitrogen and oxygen atoms in total. The number of hydrogen-bond acceptors (Lipinski definition) is 5. The Labute approximate surface area is 153 Å². The molecule has 0 spiro atoms. The van der Waals surface area contributed by atoms with E-state index in [9.17, 15) is 18.3 Å². The number of fused-ring (bicyclic) bond motifs is 1. The number of halogens is 3. The average molecular weight is 377 g/mol. The first kappa shape index (κ1) is 17.7. The number of β-amino-alcohol motifs (C(OH)–C–C–N with tert-alkyl or cyclic N) is 1. The van der Waals surface area contributed by atoms with Gasteiger partial charge in [0.25, 0.3) is 0 Å². The topological polar surface area (TPSA) is 65.7 Å². The standard InChI is InChI=1S/C18H18F3N5O/c19-18(20,21)12-4-6-13(7-5-12)22-17-23-16-3-1-2-14(26(16)24-17)10-25-9-8-15(27)11-25/h1-7,15,27H,8-11H2,(H,22,24)/t15-/m1/s1. The first-order chi connectivity index (χ1) is 12.9. The van der Waals surface area contributed by atoms with Gasteiger partial charge in [0, 0.05) is 25.3 Å². The lowest BCUT2D eigenvalue weighted by Gasteiger charge is -2.15. The van der Waals surface area contributed by atoms with Crippen LogP contribution in [0.2, 0.25) is 0 Å². The summed E-state index contributed by atoms with van der Waals surface area (Å²) in [5, 5.41) is 17.0. The maximum absolute atomic E-state index is 12.7. The van der Waals surface area contributed by atoms with E-state index in [0.29, 0.717) is 30.4 Å². The number of likely N-dealkylation sites (tertiary alicyclic amines) is 1. The second-order valence-electron chi connectivity index (χ2n) is 6.60. The van der Waals surface area contributed by atoms with E-state index in [1.165, 1.54) is 12.1 Å². The fourth-order valence-corrected chi connectivity index (χ4v) is 3.19. The highest BCUT2D eigenvalue weighted by atomic mass is 19.4. The highest BCUT2D eigenvalue weighted by Crippen LogP contribution is 2.30. The monoisotopic (exact) mass is 377 g/mol. The van der Waals surface area contributed by atoms with Crippen LogP contribution in [0.3, 0.4) is 0 Å². The first-order valence-corrected chi connectivity index (χ1v) is 8.58. The number of pyridine rings is 1. The second kappa shape index (κ2) is 6.82. The number of benzene rings is 1. The predicted molar refractivity (Wildman–Crippen MR) is 93.6 cm³/mol. The minimum atomic E-state index is -4.36. The number of aliphatic hydroxyl groups is 1. The maximum atomic E-state index is 12.7. The maximum Gasteiger partial charge on any atom is 0.416 e. The van der Waals surface area contributed by atoms with Crippen LogP contribution in [0.1, 0.15) is 17.7 Å². The van der Waals surface area contributed by atoms with Crippen LogP contribution in [-0.4, -0.2) is 43.8 Å². The molecule has 4 rings (SSSR count). The fourth-order valence-electron chi connectivity index (χ4n) is 3.19. The molecule has 9 heteroatoms. The molecule has 3 aromatic rings. The Hall–Kier alpha value is -2.65. The molecular weight excluding hydrogens is 359 g/mol. The van der Waals surface area contributed by atoms with Crippen molar-refractivity contribution in [2.75, 3.05) is 18.4 Å². The Balaban J connectivity index is 1.54. The quantitative estimate of drug-likeness (QED) is 0.732. The van der Waals surface area contributed by atoms with Crippen LogP contribution in [0.25, 0.3) is 5.65 Å². The third-order valence-corrected chi connectivity index (χ3v) is 4.54. The van der Waals surface area contributed by atoms with Crippen LogP contribution in [0.4, 0.5) is 24.8 Å². The molecule has 0 saturated carbocycles. The molecule has 2 N–H and O–H groups in total. The van der Waals surface area contributed by atoms with E-state index in [1.54, 1.807) is 4.52 Å². The van der Waals surface area contributed by atoms with Gasteiger partial charge in [0.1, 0.15) is 0 Å². The van der Waals surface area contributed by atoms with E-state index in [-0.39, 0.29) is 6.10 Å². The highest BCUT2D eigenvalue weighted by molar-refractivity contribution is 5.56. The average Bonchev–Trinajstić information content (AvgIpc) is 3.21. The van der Waals surface area contributed by atoms with Crippen molar-refractivity contribution in [3.8, 4) is 0 Å². The molecule has 0 aliphatic carbocycles. The summed E-state index contributed by atoms with van der Waals surface area (Å²) in [6.45, 7) is 2.09. The van der Waals surface area contributed by atoms with Gasteiger partial charge in [-0.15, -0.1) is 5.10 Å². The summed E-state index contributed by atoms with van der Waals surface area (Å²) in [6.07, 6.45) is -3.90. The Morgan fingerprint density at radius 1 is 1.15 bits per heavy atom. The van der Waals surface area contributed by atoms with Gasteiger partial charge < -0.3 is 10.4 Å².